The van der Waals surface area contributed by atoms with Crippen LogP contribution in [0.1, 0.15) is 86.5 Å². The third-order valence-electron chi connectivity index (χ3n) is 11.9. The topological polar surface area (TPSA) is 57.2 Å². The maximum atomic E-state index is 10.9. The molecule has 4 aliphatic carbocycles. The van der Waals surface area contributed by atoms with Gasteiger partial charge in [0.1, 0.15) is 0 Å². The molecule has 0 amide bonds. The molecule has 2 heterocycles. The second-order valence-electron chi connectivity index (χ2n) is 13.9. The first-order chi connectivity index (χ1) is 16.5. The number of hydrogen-bond acceptors (Lipinski definition) is 5. The summed E-state index contributed by atoms with van der Waals surface area (Å²) in [7, 11) is 0. The minimum Gasteiger partial charge on any atom is -0.389 e. The average Bonchev–Trinajstić information content (AvgIpc) is 3.46. The number of hydrogen-bond donors (Lipinski definition) is 1. The van der Waals surface area contributed by atoms with E-state index in [-0.39, 0.29) is 29.1 Å². The van der Waals surface area contributed by atoms with E-state index in [1.165, 1.54) is 25.7 Å². The molecule has 2 aliphatic heterocycles. The molecule has 1 spiro atoms. The molecule has 0 aromatic heterocycles. The van der Waals surface area contributed by atoms with Crippen molar-refractivity contribution >= 4 is 0 Å². The number of aliphatic hydroxyl groups is 1. The largest absolute Gasteiger partial charge is 0.389 e. The lowest BCUT2D eigenvalue weighted by Crippen LogP contribution is -2.65. The van der Waals surface area contributed by atoms with Crippen LogP contribution in [-0.4, -0.2) is 48.2 Å². The smallest absolute Gasteiger partial charge is 0.172 e. The molecular formula is C30H48O5. The molecule has 0 unspecified atom stereocenters. The van der Waals surface area contributed by atoms with Crippen molar-refractivity contribution in [2.24, 2.45) is 46.3 Å². The molecule has 198 valence electrons. The minimum absolute atomic E-state index is 0.133. The fraction of sp³-hybridized carbons (Fsp3) is 0.933. The maximum Gasteiger partial charge on any atom is 0.172 e. The van der Waals surface area contributed by atoms with Crippen LogP contribution in [0.25, 0.3) is 0 Å². The van der Waals surface area contributed by atoms with Crippen LogP contribution in [0.2, 0.25) is 0 Å². The Morgan fingerprint density at radius 3 is 2.29 bits per heavy atom. The molecule has 6 aliphatic rings. The van der Waals surface area contributed by atoms with E-state index in [1.54, 1.807) is 0 Å². The number of allylic oxidation sites excluding steroid dienone is 1. The van der Waals surface area contributed by atoms with Gasteiger partial charge in [-0.2, -0.15) is 0 Å². The van der Waals surface area contributed by atoms with E-state index in [9.17, 15) is 5.11 Å². The van der Waals surface area contributed by atoms with Gasteiger partial charge in [-0.25, -0.2) is 0 Å². The molecule has 2 saturated heterocycles. The summed E-state index contributed by atoms with van der Waals surface area (Å²) in [5.41, 5.74) is 0.409. The SMILES string of the molecule is C/C=C/[C@@H](O)[C@@H](C)[C@H]1CC[C@H]2[C@@H]3CC4(OCCO4)[C@H]4C[C@@H]5OC(C)(C)O[C@@H]5C[C@]4(C)[C@H]3CC[C@]12C. The van der Waals surface area contributed by atoms with Crippen molar-refractivity contribution < 1.29 is 24.1 Å². The van der Waals surface area contributed by atoms with Crippen LogP contribution < -0.4 is 0 Å². The highest BCUT2D eigenvalue weighted by molar-refractivity contribution is 5.16. The summed E-state index contributed by atoms with van der Waals surface area (Å²) in [5, 5.41) is 10.9. The Morgan fingerprint density at radius 2 is 1.57 bits per heavy atom. The highest BCUT2D eigenvalue weighted by atomic mass is 16.8. The summed E-state index contributed by atoms with van der Waals surface area (Å²) in [6, 6.07) is 0. The molecule has 6 fully saturated rings. The molecule has 35 heavy (non-hydrogen) atoms. The molecule has 0 radical (unpaired) electrons. The second kappa shape index (κ2) is 8.27. The van der Waals surface area contributed by atoms with Gasteiger partial charge in [0.25, 0.3) is 0 Å². The lowest BCUT2D eigenvalue weighted by Gasteiger charge is -2.65. The molecule has 11 atom stereocenters. The van der Waals surface area contributed by atoms with Crippen molar-refractivity contribution in [3.8, 4) is 0 Å². The van der Waals surface area contributed by atoms with Gasteiger partial charge in [0, 0.05) is 12.3 Å². The van der Waals surface area contributed by atoms with Crippen LogP contribution in [0.4, 0.5) is 0 Å². The van der Waals surface area contributed by atoms with Gasteiger partial charge >= 0.3 is 0 Å². The summed E-state index contributed by atoms with van der Waals surface area (Å²) in [5.74, 6) is 2.19. The minimum atomic E-state index is -0.503. The molecule has 5 heteroatoms. The van der Waals surface area contributed by atoms with Gasteiger partial charge in [0.05, 0.1) is 31.5 Å². The lowest BCUT2D eigenvalue weighted by atomic mass is 9.42. The Hall–Kier alpha value is -0.460. The summed E-state index contributed by atoms with van der Waals surface area (Å²) >= 11 is 0. The molecule has 1 N–H and O–H groups in total. The van der Waals surface area contributed by atoms with Crippen molar-refractivity contribution in [1.82, 2.24) is 0 Å². The van der Waals surface area contributed by atoms with Crippen LogP contribution in [0.15, 0.2) is 12.2 Å². The zero-order valence-corrected chi connectivity index (χ0v) is 22.8. The van der Waals surface area contributed by atoms with E-state index < -0.39 is 11.6 Å². The molecule has 6 rings (SSSR count). The van der Waals surface area contributed by atoms with Gasteiger partial charge in [-0.1, -0.05) is 32.9 Å². The Kier molecular flexibility index (Phi) is 5.87. The molecule has 0 aromatic carbocycles. The Labute approximate surface area is 212 Å². The third-order valence-corrected chi connectivity index (χ3v) is 11.9. The first-order valence-electron chi connectivity index (χ1n) is 14.5. The summed E-state index contributed by atoms with van der Waals surface area (Å²) in [6.07, 6.45) is 12.0. The predicted molar refractivity (Wildman–Crippen MR) is 134 cm³/mol. The van der Waals surface area contributed by atoms with Crippen LogP contribution in [0.3, 0.4) is 0 Å². The summed E-state index contributed by atoms with van der Waals surface area (Å²) in [6.45, 7) is 14.9. The molecule has 4 saturated carbocycles. The zero-order valence-electron chi connectivity index (χ0n) is 22.8. The van der Waals surface area contributed by atoms with Crippen molar-refractivity contribution in [2.45, 2.75) is 116 Å². The summed E-state index contributed by atoms with van der Waals surface area (Å²) in [4.78, 5) is 0. The average molecular weight is 489 g/mol. The van der Waals surface area contributed by atoms with E-state index in [4.69, 9.17) is 18.9 Å². The van der Waals surface area contributed by atoms with Gasteiger partial charge in [-0.15, -0.1) is 0 Å². The number of fused-ring (bicyclic) bond motifs is 7. The molecule has 5 nitrogen and oxygen atoms in total. The quantitative estimate of drug-likeness (QED) is 0.516. The van der Waals surface area contributed by atoms with Gasteiger partial charge < -0.3 is 24.1 Å². The third kappa shape index (κ3) is 3.58. The van der Waals surface area contributed by atoms with Crippen molar-refractivity contribution in [1.29, 1.82) is 0 Å². The van der Waals surface area contributed by atoms with Crippen LogP contribution in [-0.2, 0) is 18.9 Å². The normalized spacial score (nSPS) is 51.6. The molecular weight excluding hydrogens is 440 g/mol. The maximum absolute atomic E-state index is 10.9. The van der Waals surface area contributed by atoms with Crippen molar-refractivity contribution in [3.05, 3.63) is 12.2 Å². The van der Waals surface area contributed by atoms with Gasteiger partial charge in [-0.3, -0.25) is 0 Å². The zero-order chi connectivity index (χ0) is 24.8. The van der Waals surface area contributed by atoms with E-state index in [0.29, 0.717) is 48.7 Å². The fourth-order valence-corrected chi connectivity index (χ4v) is 10.6. The van der Waals surface area contributed by atoms with Crippen LogP contribution in [0, 0.1) is 46.3 Å². The number of ether oxygens (including phenoxy) is 4. The van der Waals surface area contributed by atoms with Gasteiger partial charge in [0.15, 0.2) is 11.6 Å². The lowest BCUT2D eigenvalue weighted by molar-refractivity contribution is -0.300. The van der Waals surface area contributed by atoms with Crippen LogP contribution >= 0.6 is 0 Å². The van der Waals surface area contributed by atoms with Crippen molar-refractivity contribution in [3.63, 3.8) is 0 Å². The van der Waals surface area contributed by atoms with Crippen LogP contribution in [0.5, 0.6) is 0 Å². The standard InChI is InChI=1S/C30H48O5/c1-7-8-23(31)18(2)20-9-10-21-19-16-30(32-13-14-33-30)26-15-24-25(35-27(3,4)34-24)17-29(26,6)22(19)11-12-28(20,21)5/h7-8,18-26,31H,9-17H2,1-6H3/b8-7+/t18-,19-,20+,21-,22-,23+,24-,25+,26-,28+,29+/m0/s1. The van der Waals surface area contributed by atoms with Gasteiger partial charge in [-0.05, 0) is 99.7 Å². The number of rotatable bonds is 3. The van der Waals surface area contributed by atoms with E-state index in [2.05, 4.69) is 34.6 Å². The Morgan fingerprint density at radius 1 is 0.886 bits per heavy atom. The van der Waals surface area contributed by atoms with Gasteiger partial charge in [0.2, 0.25) is 0 Å². The Bertz CT molecular complexity index is 848. The monoisotopic (exact) mass is 488 g/mol. The predicted octanol–water partition coefficient (Wildman–Crippen LogP) is 5.70. The first kappa shape index (κ1) is 24.9. The second-order valence-corrected chi connectivity index (χ2v) is 13.9. The Balaban J connectivity index is 1.33. The molecule has 0 bridgehead atoms. The number of aliphatic hydroxyl groups excluding tert-OH is 1. The van der Waals surface area contributed by atoms with E-state index in [1.807, 2.05) is 19.1 Å². The highest BCUT2D eigenvalue weighted by Crippen LogP contribution is 2.71. The highest BCUT2D eigenvalue weighted by Gasteiger charge is 2.70. The first-order valence-corrected chi connectivity index (χ1v) is 14.5. The fourth-order valence-electron chi connectivity index (χ4n) is 10.6. The van der Waals surface area contributed by atoms with E-state index >= 15 is 0 Å². The molecule has 0 aromatic rings. The van der Waals surface area contributed by atoms with E-state index in [0.717, 1.165) is 19.3 Å². The summed E-state index contributed by atoms with van der Waals surface area (Å²) < 4.78 is 26.1. The van der Waals surface area contributed by atoms with Crippen molar-refractivity contribution in [2.75, 3.05) is 13.2 Å².